The van der Waals surface area contributed by atoms with Crippen LogP contribution in [0.2, 0.25) is 0 Å². The van der Waals surface area contributed by atoms with Gasteiger partial charge in [-0.15, -0.1) is 11.3 Å². The second kappa shape index (κ2) is 5.56. The smallest absolute Gasteiger partial charge is 0.253 e. The molecular weight excluding hydrogens is 292 g/mol. The lowest BCUT2D eigenvalue weighted by molar-refractivity contribution is 0.0874. The van der Waals surface area contributed by atoms with Gasteiger partial charge in [0.1, 0.15) is 12.3 Å². The van der Waals surface area contributed by atoms with E-state index in [0.717, 1.165) is 10.1 Å². The van der Waals surface area contributed by atoms with Crippen molar-refractivity contribution in [2.75, 3.05) is 0 Å². The molecule has 1 aromatic carbocycles. The van der Waals surface area contributed by atoms with Gasteiger partial charge in [0.2, 0.25) is 0 Å². The van der Waals surface area contributed by atoms with Crippen molar-refractivity contribution in [3.8, 4) is 0 Å². The Morgan fingerprint density at radius 2 is 2.10 bits per heavy atom. The second-order valence-corrected chi connectivity index (χ2v) is 6.22. The van der Waals surface area contributed by atoms with Crippen molar-refractivity contribution in [3.05, 3.63) is 47.4 Å². The molecule has 1 aliphatic rings. The fourth-order valence-corrected chi connectivity index (χ4v) is 3.55. The number of thiophene rings is 1. The normalized spacial score (nSPS) is 26.0. The molecule has 3 unspecified atom stereocenters. The van der Waals surface area contributed by atoms with E-state index in [1.54, 1.807) is 5.38 Å². The average Bonchev–Trinajstić information content (AvgIpc) is 2.88. The largest absolute Gasteiger partial charge is 0.346 e. The lowest BCUT2D eigenvalue weighted by Gasteiger charge is -2.30. The van der Waals surface area contributed by atoms with E-state index < -0.39 is 18.4 Å². The van der Waals surface area contributed by atoms with E-state index in [9.17, 15) is 13.6 Å². The van der Waals surface area contributed by atoms with Crippen LogP contribution in [0, 0.1) is 0 Å². The van der Waals surface area contributed by atoms with Gasteiger partial charge in [0.15, 0.2) is 0 Å². The minimum atomic E-state index is -1.28. The Labute approximate surface area is 125 Å². The van der Waals surface area contributed by atoms with Crippen LogP contribution in [-0.2, 0) is 0 Å². The Balaban J connectivity index is 1.78. The zero-order valence-corrected chi connectivity index (χ0v) is 12.1. The molecule has 0 bridgehead atoms. The first-order chi connectivity index (χ1) is 10.1. The number of carbonyl (C=O) groups excluding carboxylic acids is 1. The molecular formula is C16H15F2NOS. The van der Waals surface area contributed by atoms with Crippen LogP contribution < -0.4 is 5.32 Å². The number of hydrogen-bond donors (Lipinski definition) is 1. The van der Waals surface area contributed by atoms with E-state index in [1.807, 2.05) is 24.3 Å². The third-order valence-corrected chi connectivity index (χ3v) is 4.80. The molecule has 21 heavy (non-hydrogen) atoms. The number of alkyl halides is 2. The van der Waals surface area contributed by atoms with Gasteiger partial charge in [0, 0.05) is 28.3 Å². The quantitative estimate of drug-likeness (QED) is 0.834. The molecule has 3 rings (SSSR count). The maximum Gasteiger partial charge on any atom is 0.253 e. The van der Waals surface area contributed by atoms with Gasteiger partial charge >= 0.3 is 0 Å². The topological polar surface area (TPSA) is 29.1 Å². The van der Waals surface area contributed by atoms with E-state index in [4.69, 9.17) is 0 Å². The van der Waals surface area contributed by atoms with Gasteiger partial charge in [0.05, 0.1) is 11.6 Å². The SMILES string of the molecule is C=C1CC(F)C(NC(=O)c2csc3ccccc23)CC1F. The summed E-state index contributed by atoms with van der Waals surface area (Å²) in [6.07, 6.45) is -2.61. The van der Waals surface area contributed by atoms with Gasteiger partial charge in [-0.05, 0) is 11.6 Å². The van der Waals surface area contributed by atoms with Crippen molar-refractivity contribution in [2.45, 2.75) is 31.2 Å². The maximum atomic E-state index is 13.9. The molecule has 0 radical (unpaired) electrons. The number of benzene rings is 1. The van der Waals surface area contributed by atoms with Gasteiger partial charge in [0.25, 0.3) is 5.91 Å². The Morgan fingerprint density at radius 1 is 1.33 bits per heavy atom. The number of nitrogens with one attached hydrogen (secondary N) is 1. The summed E-state index contributed by atoms with van der Waals surface area (Å²) in [5.41, 5.74) is 0.789. The summed E-state index contributed by atoms with van der Waals surface area (Å²) in [5.74, 6) is -0.347. The number of halogens is 2. The Morgan fingerprint density at radius 3 is 2.90 bits per heavy atom. The number of rotatable bonds is 2. The summed E-state index contributed by atoms with van der Waals surface area (Å²) in [7, 11) is 0. The van der Waals surface area contributed by atoms with Crippen molar-refractivity contribution in [1.82, 2.24) is 5.32 Å². The van der Waals surface area contributed by atoms with Crippen molar-refractivity contribution in [3.63, 3.8) is 0 Å². The van der Waals surface area contributed by atoms with Gasteiger partial charge in [-0.1, -0.05) is 24.8 Å². The Kier molecular flexibility index (Phi) is 3.76. The highest BCUT2D eigenvalue weighted by molar-refractivity contribution is 7.17. The van der Waals surface area contributed by atoms with Crippen LogP contribution in [0.4, 0.5) is 8.78 Å². The molecule has 3 atom stereocenters. The lowest BCUT2D eigenvalue weighted by Crippen LogP contribution is -2.46. The molecule has 1 fully saturated rings. The first-order valence-corrected chi connectivity index (χ1v) is 7.67. The molecule has 0 aliphatic heterocycles. The molecule has 2 aromatic rings. The fourth-order valence-electron chi connectivity index (χ4n) is 2.61. The number of allylic oxidation sites excluding steroid dienone is 1. The average molecular weight is 307 g/mol. The molecule has 0 saturated heterocycles. The number of amides is 1. The van der Waals surface area contributed by atoms with Gasteiger partial charge in [-0.25, -0.2) is 8.78 Å². The molecule has 2 nitrogen and oxygen atoms in total. The van der Waals surface area contributed by atoms with Crippen LogP contribution in [0.5, 0.6) is 0 Å². The zero-order chi connectivity index (χ0) is 15.0. The molecule has 0 spiro atoms. The fraction of sp³-hybridized carbons (Fsp3) is 0.312. The van der Waals surface area contributed by atoms with E-state index >= 15 is 0 Å². The van der Waals surface area contributed by atoms with Gasteiger partial charge in [-0.3, -0.25) is 4.79 Å². The molecule has 1 amide bonds. The van der Waals surface area contributed by atoms with E-state index in [1.165, 1.54) is 11.3 Å². The minimum absolute atomic E-state index is 0.0313. The van der Waals surface area contributed by atoms with Crippen molar-refractivity contribution < 1.29 is 13.6 Å². The Hall–Kier alpha value is -1.75. The van der Waals surface area contributed by atoms with Crippen LogP contribution in [0.1, 0.15) is 23.2 Å². The van der Waals surface area contributed by atoms with Crippen LogP contribution >= 0.6 is 11.3 Å². The first kappa shape index (κ1) is 14.2. The molecule has 1 N–H and O–H groups in total. The van der Waals surface area contributed by atoms with Crippen molar-refractivity contribution >= 4 is 27.3 Å². The summed E-state index contributed by atoms with van der Waals surface area (Å²) in [4.78, 5) is 12.3. The minimum Gasteiger partial charge on any atom is -0.346 e. The highest BCUT2D eigenvalue weighted by Crippen LogP contribution is 2.29. The standard InChI is InChI=1S/C16H15F2NOS/c1-9-6-13(18)14(7-12(9)17)19-16(20)11-8-21-15-5-3-2-4-10(11)15/h2-5,8,12-14H,1,6-7H2,(H,19,20). The van der Waals surface area contributed by atoms with E-state index in [2.05, 4.69) is 11.9 Å². The molecule has 1 aromatic heterocycles. The molecule has 1 heterocycles. The van der Waals surface area contributed by atoms with Crippen LogP contribution in [-0.4, -0.2) is 24.3 Å². The highest BCUT2D eigenvalue weighted by atomic mass is 32.1. The van der Waals surface area contributed by atoms with Gasteiger partial charge < -0.3 is 5.32 Å². The predicted molar refractivity (Wildman–Crippen MR) is 81.2 cm³/mol. The summed E-state index contributed by atoms with van der Waals surface area (Å²) in [6, 6.07) is 6.74. The second-order valence-electron chi connectivity index (χ2n) is 5.31. The number of hydrogen-bond acceptors (Lipinski definition) is 2. The van der Waals surface area contributed by atoms with E-state index in [0.29, 0.717) is 5.56 Å². The molecule has 1 aliphatic carbocycles. The van der Waals surface area contributed by atoms with Gasteiger partial charge in [-0.2, -0.15) is 0 Å². The van der Waals surface area contributed by atoms with Crippen molar-refractivity contribution in [1.29, 1.82) is 0 Å². The predicted octanol–water partition coefficient (Wildman–Crippen LogP) is 4.03. The zero-order valence-electron chi connectivity index (χ0n) is 11.3. The summed E-state index contributed by atoms with van der Waals surface area (Å²) in [6.45, 7) is 3.52. The third kappa shape index (κ3) is 2.70. The van der Waals surface area contributed by atoms with Crippen LogP contribution in [0.25, 0.3) is 10.1 Å². The highest BCUT2D eigenvalue weighted by Gasteiger charge is 2.34. The summed E-state index contributed by atoms with van der Waals surface area (Å²) >= 11 is 1.46. The number of fused-ring (bicyclic) bond motifs is 1. The van der Waals surface area contributed by atoms with Crippen LogP contribution in [0.3, 0.4) is 0 Å². The monoisotopic (exact) mass is 307 g/mol. The van der Waals surface area contributed by atoms with E-state index in [-0.39, 0.29) is 24.3 Å². The van der Waals surface area contributed by atoms with Crippen LogP contribution in [0.15, 0.2) is 41.8 Å². The summed E-state index contributed by atoms with van der Waals surface area (Å²) < 4.78 is 28.6. The van der Waals surface area contributed by atoms with Crippen molar-refractivity contribution in [2.24, 2.45) is 0 Å². The molecule has 110 valence electrons. The molecule has 1 saturated carbocycles. The Bertz CT molecular complexity index is 696. The lowest BCUT2D eigenvalue weighted by atomic mass is 9.88. The summed E-state index contributed by atoms with van der Waals surface area (Å²) in [5, 5.41) is 5.22. The third-order valence-electron chi connectivity index (χ3n) is 3.84. The first-order valence-electron chi connectivity index (χ1n) is 6.79. The molecule has 5 heteroatoms. The maximum absolute atomic E-state index is 13.9. The number of carbonyl (C=O) groups is 1.